The number of hydrogen-bond donors (Lipinski definition) is 3. The third-order valence-electron chi connectivity index (χ3n) is 3.47. The average molecular weight is 295 g/mol. The van der Waals surface area contributed by atoms with Crippen LogP contribution in [0.4, 0.5) is 18.0 Å². The van der Waals surface area contributed by atoms with Crippen LogP contribution in [-0.2, 0) is 0 Å². The maximum atomic E-state index is 12.6. The molecule has 4 nitrogen and oxygen atoms in total. The molecule has 0 spiro atoms. The molecule has 0 aromatic rings. The van der Waals surface area contributed by atoms with Crippen molar-refractivity contribution in [3.8, 4) is 0 Å². The first-order chi connectivity index (χ1) is 9.43. The smallest absolute Gasteiger partial charge is 0.338 e. The highest BCUT2D eigenvalue weighted by Crippen LogP contribution is 2.28. The molecule has 20 heavy (non-hydrogen) atoms. The zero-order valence-electron chi connectivity index (χ0n) is 11.9. The van der Waals surface area contributed by atoms with E-state index in [1.807, 2.05) is 6.92 Å². The summed E-state index contributed by atoms with van der Waals surface area (Å²) in [4.78, 5) is 11.4. The molecule has 7 heteroatoms. The van der Waals surface area contributed by atoms with Gasteiger partial charge in [0.05, 0.1) is 0 Å². The van der Waals surface area contributed by atoms with Crippen molar-refractivity contribution in [1.82, 2.24) is 16.0 Å². The molecule has 0 aromatic heterocycles. The van der Waals surface area contributed by atoms with Crippen LogP contribution in [0.1, 0.15) is 45.4 Å². The lowest BCUT2D eigenvalue weighted by atomic mass is 9.96. The molecule has 1 heterocycles. The topological polar surface area (TPSA) is 53.2 Å². The SMILES string of the molecule is CCCCNC(=O)NCCC1CCCC(C(F)(F)F)N1. The quantitative estimate of drug-likeness (QED) is 0.660. The van der Waals surface area contributed by atoms with Gasteiger partial charge in [-0.05, 0) is 25.7 Å². The van der Waals surface area contributed by atoms with E-state index in [1.54, 1.807) is 0 Å². The van der Waals surface area contributed by atoms with Gasteiger partial charge in [-0.1, -0.05) is 19.8 Å². The molecule has 0 saturated carbocycles. The van der Waals surface area contributed by atoms with Gasteiger partial charge >= 0.3 is 12.2 Å². The first-order valence-corrected chi connectivity index (χ1v) is 7.28. The number of amides is 2. The number of rotatable bonds is 6. The first-order valence-electron chi connectivity index (χ1n) is 7.28. The molecule has 118 valence electrons. The number of urea groups is 1. The second-order valence-electron chi connectivity index (χ2n) is 5.21. The average Bonchev–Trinajstić information content (AvgIpc) is 2.38. The Labute approximate surface area is 117 Å². The molecule has 3 N–H and O–H groups in total. The van der Waals surface area contributed by atoms with Gasteiger partial charge in [0.25, 0.3) is 0 Å². The minimum absolute atomic E-state index is 0.144. The van der Waals surface area contributed by atoms with E-state index in [9.17, 15) is 18.0 Å². The molecule has 1 aliphatic rings. The van der Waals surface area contributed by atoms with E-state index in [2.05, 4.69) is 16.0 Å². The van der Waals surface area contributed by atoms with Crippen LogP contribution < -0.4 is 16.0 Å². The van der Waals surface area contributed by atoms with Crippen molar-refractivity contribution in [3.63, 3.8) is 0 Å². The Morgan fingerprint density at radius 3 is 2.60 bits per heavy atom. The first kappa shape index (κ1) is 17.1. The van der Waals surface area contributed by atoms with Crippen LogP contribution in [0.15, 0.2) is 0 Å². The maximum Gasteiger partial charge on any atom is 0.403 e. The number of halogens is 3. The van der Waals surface area contributed by atoms with Crippen LogP contribution in [-0.4, -0.2) is 37.4 Å². The van der Waals surface area contributed by atoms with E-state index in [-0.39, 0.29) is 18.5 Å². The van der Waals surface area contributed by atoms with Crippen molar-refractivity contribution in [2.24, 2.45) is 0 Å². The lowest BCUT2D eigenvalue weighted by Crippen LogP contribution is -2.51. The zero-order valence-corrected chi connectivity index (χ0v) is 11.9. The molecule has 2 atom stereocenters. The van der Waals surface area contributed by atoms with Crippen LogP contribution in [0.3, 0.4) is 0 Å². The summed E-state index contributed by atoms with van der Waals surface area (Å²) in [5.41, 5.74) is 0. The van der Waals surface area contributed by atoms with Crippen LogP contribution in [0.2, 0.25) is 0 Å². The Bertz CT molecular complexity index is 297. The van der Waals surface area contributed by atoms with Crippen molar-refractivity contribution in [2.45, 2.75) is 63.7 Å². The number of alkyl halides is 3. The van der Waals surface area contributed by atoms with Gasteiger partial charge in [-0.15, -0.1) is 0 Å². The van der Waals surface area contributed by atoms with Gasteiger partial charge in [0, 0.05) is 19.1 Å². The number of hydrogen-bond acceptors (Lipinski definition) is 2. The van der Waals surface area contributed by atoms with Gasteiger partial charge in [-0.25, -0.2) is 4.79 Å². The number of nitrogens with one attached hydrogen (secondary N) is 3. The van der Waals surface area contributed by atoms with E-state index >= 15 is 0 Å². The lowest BCUT2D eigenvalue weighted by molar-refractivity contribution is -0.163. The van der Waals surface area contributed by atoms with Crippen molar-refractivity contribution < 1.29 is 18.0 Å². The van der Waals surface area contributed by atoms with Crippen LogP contribution >= 0.6 is 0 Å². The molecule has 1 rings (SSSR count). The van der Waals surface area contributed by atoms with E-state index in [1.165, 1.54) is 0 Å². The molecule has 1 saturated heterocycles. The Morgan fingerprint density at radius 2 is 1.95 bits per heavy atom. The molecule has 2 unspecified atom stereocenters. The molecular weight excluding hydrogens is 271 g/mol. The van der Waals surface area contributed by atoms with Crippen molar-refractivity contribution in [1.29, 1.82) is 0 Å². The standard InChI is InChI=1S/C13H24F3N3O/c1-2-3-8-17-12(20)18-9-7-10-5-4-6-11(19-10)13(14,15)16/h10-11,19H,2-9H2,1H3,(H2,17,18,20). The highest BCUT2D eigenvalue weighted by Gasteiger charge is 2.41. The lowest BCUT2D eigenvalue weighted by Gasteiger charge is -2.32. The van der Waals surface area contributed by atoms with Gasteiger partial charge < -0.3 is 16.0 Å². The van der Waals surface area contributed by atoms with Gasteiger partial charge in [0.2, 0.25) is 0 Å². The number of carbonyl (C=O) groups excluding carboxylic acids is 1. The molecule has 1 aliphatic heterocycles. The van der Waals surface area contributed by atoms with Crippen molar-refractivity contribution in [2.75, 3.05) is 13.1 Å². The van der Waals surface area contributed by atoms with Gasteiger partial charge in [0.15, 0.2) is 0 Å². The monoisotopic (exact) mass is 295 g/mol. The minimum atomic E-state index is -4.18. The number of piperidine rings is 1. The Hall–Kier alpha value is -0.980. The summed E-state index contributed by atoms with van der Waals surface area (Å²) in [7, 11) is 0. The third-order valence-corrected chi connectivity index (χ3v) is 3.47. The van der Waals surface area contributed by atoms with Crippen LogP contribution in [0, 0.1) is 0 Å². The molecule has 0 bridgehead atoms. The molecule has 2 amide bonds. The summed E-state index contributed by atoms with van der Waals surface area (Å²) in [5, 5.41) is 8.00. The molecule has 0 radical (unpaired) electrons. The van der Waals surface area contributed by atoms with Gasteiger partial charge in [0.1, 0.15) is 6.04 Å². The second kappa shape index (κ2) is 8.34. The molecule has 0 aromatic carbocycles. The Kier molecular flexibility index (Phi) is 7.12. The number of carbonyl (C=O) groups is 1. The van der Waals surface area contributed by atoms with E-state index < -0.39 is 12.2 Å². The van der Waals surface area contributed by atoms with E-state index in [4.69, 9.17) is 0 Å². The summed E-state index contributed by atoms with van der Waals surface area (Å²) in [6, 6.07) is -1.83. The Balaban J connectivity index is 2.17. The third kappa shape index (κ3) is 6.45. The molecule has 0 aliphatic carbocycles. The van der Waals surface area contributed by atoms with Crippen LogP contribution in [0.5, 0.6) is 0 Å². The fourth-order valence-corrected chi connectivity index (χ4v) is 2.31. The van der Waals surface area contributed by atoms with Crippen molar-refractivity contribution in [3.05, 3.63) is 0 Å². The zero-order chi connectivity index (χ0) is 15.0. The fraction of sp³-hybridized carbons (Fsp3) is 0.923. The van der Waals surface area contributed by atoms with Crippen molar-refractivity contribution >= 4 is 6.03 Å². The second-order valence-corrected chi connectivity index (χ2v) is 5.21. The summed E-state index contributed by atoms with van der Waals surface area (Å²) in [5.74, 6) is 0. The largest absolute Gasteiger partial charge is 0.403 e. The summed E-state index contributed by atoms with van der Waals surface area (Å²) in [6.45, 7) is 3.05. The predicted octanol–water partition coefficient (Wildman–Crippen LogP) is 2.55. The van der Waals surface area contributed by atoms with E-state index in [0.29, 0.717) is 25.9 Å². The van der Waals surface area contributed by atoms with Gasteiger partial charge in [-0.3, -0.25) is 0 Å². The fourth-order valence-electron chi connectivity index (χ4n) is 2.31. The summed E-state index contributed by atoms with van der Waals surface area (Å²) >= 11 is 0. The van der Waals surface area contributed by atoms with Crippen LogP contribution in [0.25, 0.3) is 0 Å². The Morgan fingerprint density at radius 1 is 1.25 bits per heavy atom. The highest BCUT2D eigenvalue weighted by molar-refractivity contribution is 5.73. The predicted molar refractivity (Wildman–Crippen MR) is 71.5 cm³/mol. The molecule has 1 fully saturated rings. The summed E-state index contributed by atoms with van der Waals surface area (Å²) in [6.07, 6.45) is -0.283. The van der Waals surface area contributed by atoms with E-state index in [0.717, 1.165) is 19.3 Å². The van der Waals surface area contributed by atoms with Gasteiger partial charge in [-0.2, -0.15) is 13.2 Å². The normalized spacial score (nSPS) is 23.4. The summed E-state index contributed by atoms with van der Waals surface area (Å²) < 4.78 is 37.8. The highest BCUT2D eigenvalue weighted by atomic mass is 19.4. The number of unbranched alkanes of at least 4 members (excludes halogenated alkanes) is 1. The minimum Gasteiger partial charge on any atom is -0.338 e. The maximum absolute atomic E-state index is 12.6. The molecular formula is C13H24F3N3O.